The van der Waals surface area contributed by atoms with Crippen LogP contribution in [0.5, 0.6) is 11.5 Å². The number of allylic oxidation sites excluding steroid dienone is 2. The summed E-state index contributed by atoms with van der Waals surface area (Å²) in [6, 6.07) is 17.5. The Morgan fingerprint density at radius 3 is 2.37 bits per heavy atom. The van der Waals surface area contributed by atoms with Crippen molar-refractivity contribution in [1.82, 2.24) is 0 Å². The second-order valence-corrected chi connectivity index (χ2v) is 7.39. The summed E-state index contributed by atoms with van der Waals surface area (Å²) in [4.78, 5) is 21.0. The van der Waals surface area contributed by atoms with E-state index in [0.29, 0.717) is 29.0 Å². The molecule has 0 fully saturated rings. The third kappa shape index (κ3) is 6.09. The normalized spacial score (nSPS) is 10.8. The minimum atomic E-state index is -0.513. The molecule has 9 heteroatoms. The average Bonchev–Trinajstić information content (AvgIpc) is 2.86. The molecular weight excluding hydrogens is 450 g/mol. The van der Waals surface area contributed by atoms with Gasteiger partial charge in [0.05, 0.1) is 28.6 Å². The molecule has 0 heterocycles. The maximum atomic E-state index is 11.1. The van der Waals surface area contributed by atoms with Gasteiger partial charge in [-0.25, -0.2) is 0 Å². The molecule has 0 aromatic heterocycles. The van der Waals surface area contributed by atoms with Crippen LogP contribution in [0, 0.1) is 31.6 Å². The molecule has 9 nitrogen and oxygen atoms in total. The molecule has 35 heavy (non-hydrogen) atoms. The SMILES string of the molecule is C=CCc1cc(/C=C(/C#N)c2cccc([N+](=O)[O-])c2)cc(OC)c1OCc1ccc([N+](=O)[O-])cc1. The Balaban J connectivity index is 1.96. The van der Waals surface area contributed by atoms with Gasteiger partial charge < -0.3 is 9.47 Å². The number of non-ortho nitro benzene ring substituents is 2. The van der Waals surface area contributed by atoms with Crippen molar-refractivity contribution < 1.29 is 19.3 Å². The highest BCUT2D eigenvalue weighted by atomic mass is 16.6. The van der Waals surface area contributed by atoms with Gasteiger partial charge in [0.2, 0.25) is 0 Å². The molecule has 0 bridgehead atoms. The number of hydrogen-bond acceptors (Lipinski definition) is 7. The first-order chi connectivity index (χ1) is 16.9. The third-order valence-corrected chi connectivity index (χ3v) is 5.07. The Morgan fingerprint density at radius 1 is 1.06 bits per heavy atom. The number of ether oxygens (including phenoxy) is 2. The lowest BCUT2D eigenvalue weighted by atomic mass is 10.0. The molecule has 0 radical (unpaired) electrons. The van der Waals surface area contributed by atoms with Crippen molar-refractivity contribution in [3.05, 3.63) is 116 Å². The van der Waals surface area contributed by atoms with Crippen LogP contribution >= 0.6 is 0 Å². The first kappa shape index (κ1) is 24.7. The van der Waals surface area contributed by atoms with Crippen molar-refractivity contribution in [3.8, 4) is 17.6 Å². The van der Waals surface area contributed by atoms with Crippen LogP contribution in [0.1, 0.15) is 22.3 Å². The Labute approximate surface area is 201 Å². The predicted molar refractivity (Wildman–Crippen MR) is 131 cm³/mol. The summed E-state index contributed by atoms with van der Waals surface area (Å²) < 4.78 is 11.5. The van der Waals surface area contributed by atoms with Gasteiger partial charge >= 0.3 is 0 Å². The van der Waals surface area contributed by atoms with Gasteiger partial charge in [0.15, 0.2) is 11.5 Å². The van der Waals surface area contributed by atoms with E-state index in [-0.39, 0.29) is 23.6 Å². The summed E-state index contributed by atoms with van der Waals surface area (Å²) in [7, 11) is 1.49. The number of benzene rings is 3. The molecule has 0 aliphatic heterocycles. The van der Waals surface area contributed by atoms with Crippen LogP contribution in [0.4, 0.5) is 11.4 Å². The maximum Gasteiger partial charge on any atom is 0.270 e. The van der Waals surface area contributed by atoms with Crippen LogP contribution in [-0.4, -0.2) is 17.0 Å². The van der Waals surface area contributed by atoms with E-state index in [4.69, 9.17) is 9.47 Å². The van der Waals surface area contributed by atoms with Crippen LogP contribution in [0.15, 0.2) is 73.3 Å². The third-order valence-electron chi connectivity index (χ3n) is 5.07. The van der Waals surface area contributed by atoms with Gasteiger partial charge in [-0.15, -0.1) is 6.58 Å². The van der Waals surface area contributed by atoms with Crippen LogP contribution < -0.4 is 9.47 Å². The topological polar surface area (TPSA) is 129 Å². The number of hydrogen-bond donors (Lipinski definition) is 0. The van der Waals surface area contributed by atoms with Crippen molar-refractivity contribution >= 4 is 23.0 Å². The fraction of sp³-hybridized carbons (Fsp3) is 0.115. The Bertz CT molecular complexity index is 1340. The zero-order valence-electron chi connectivity index (χ0n) is 18.8. The van der Waals surface area contributed by atoms with E-state index in [9.17, 15) is 25.5 Å². The number of methoxy groups -OCH3 is 1. The summed E-state index contributed by atoms with van der Waals surface area (Å²) in [6.45, 7) is 3.94. The number of nitriles is 1. The lowest BCUT2D eigenvalue weighted by Gasteiger charge is -2.16. The van der Waals surface area contributed by atoms with Gasteiger partial charge in [-0.1, -0.05) is 18.2 Å². The number of nitro benzene ring substituents is 2. The first-order valence-electron chi connectivity index (χ1n) is 10.4. The summed E-state index contributed by atoms with van der Waals surface area (Å²) in [5.41, 5.74) is 2.69. The summed E-state index contributed by atoms with van der Waals surface area (Å²) >= 11 is 0. The van der Waals surface area contributed by atoms with E-state index in [2.05, 4.69) is 12.6 Å². The van der Waals surface area contributed by atoms with Crippen molar-refractivity contribution in [2.45, 2.75) is 13.0 Å². The minimum Gasteiger partial charge on any atom is -0.493 e. The van der Waals surface area contributed by atoms with Crippen LogP contribution in [0.2, 0.25) is 0 Å². The number of rotatable bonds is 10. The molecule has 0 aliphatic rings. The Kier molecular flexibility index (Phi) is 7.93. The molecule has 0 N–H and O–H groups in total. The lowest BCUT2D eigenvalue weighted by molar-refractivity contribution is -0.385. The zero-order valence-corrected chi connectivity index (χ0v) is 18.8. The van der Waals surface area contributed by atoms with Crippen LogP contribution in [0.3, 0.4) is 0 Å². The van der Waals surface area contributed by atoms with E-state index in [0.717, 1.165) is 11.1 Å². The first-order valence-corrected chi connectivity index (χ1v) is 10.4. The quantitative estimate of drug-likeness (QED) is 0.119. The van der Waals surface area contributed by atoms with Crippen LogP contribution in [0.25, 0.3) is 11.6 Å². The monoisotopic (exact) mass is 471 g/mol. The van der Waals surface area contributed by atoms with E-state index in [1.165, 1.54) is 37.4 Å². The Hall–Kier alpha value is -4.97. The van der Waals surface area contributed by atoms with Gasteiger partial charge in [-0.2, -0.15) is 5.26 Å². The molecule has 0 saturated heterocycles. The fourth-order valence-electron chi connectivity index (χ4n) is 3.39. The molecule has 0 aliphatic carbocycles. The fourth-order valence-corrected chi connectivity index (χ4v) is 3.39. The van der Waals surface area contributed by atoms with Crippen molar-refractivity contribution in [2.75, 3.05) is 7.11 Å². The maximum absolute atomic E-state index is 11.1. The second kappa shape index (κ2) is 11.2. The van der Waals surface area contributed by atoms with Gasteiger partial charge in [0, 0.05) is 29.8 Å². The second-order valence-electron chi connectivity index (χ2n) is 7.39. The number of nitro groups is 2. The molecule has 176 valence electrons. The average molecular weight is 471 g/mol. The van der Waals surface area contributed by atoms with Crippen molar-refractivity contribution in [2.24, 2.45) is 0 Å². The lowest BCUT2D eigenvalue weighted by Crippen LogP contribution is -2.02. The highest BCUT2D eigenvalue weighted by molar-refractivity contribution is 5.90. The predicted octanol–water partition coefficient (Wildman–Crippen LogP) is 5.88. The van der Waals surface area contributed by atoms with E-state index in [1.54, 1.807) is 36.4 Å². The van der Waals surface area contributed by atoms with E-state index >= 15 is 0 Å². The van der Waals surface area contributed by atoms with Gasteiger partial charge in [0.1, 0.15) is 6.61 Å². The van der Waals surface area contributed by atoms with Gasteiger partial charge in [-0.05, 0) is 53.5 Å². The highest BCUT2D eigenvalue weighted by Gasteiger charge is 2.15. The summed E-state index contributed by atoms with van der Waals surface area (Å²) in [5, 5.41) is 31.6. The molecule has 3 aromatic carbocycles. The van der Waals surface area contributed by atoms with E-state index in [1.807, 2.05) is 6.07 Å². The molecule has 0 spiro atoms. The molecular formula is C26H21N3O6. The summed E-state index contributed by atoms with van der Waals surface area (Å²) in [6.07, 6.45) is 3.77. The zero-order chi connectivity index (χ0) is 25.4. The summed E-state index contributed by atoms with van der Waals surface area (Å²) in [5.74, 6) is 0.908. The smallest absolute Gasteiger partial charge is 0.270 e. The number of nitrogens with zero attached hydrogens (tertiary/aromatic N) is 3. The standard InChI is InChI=1S/C26H21N3O6/c1-3-5-21-12-19(13-22(16-27)20-6-4-7-24(15-20)29(32)33)14-25(34-2)26(21)35-17-18-8-10-23(11-9-18)28(30)31/h3-4,6-15H,1,5,17H2,2H3/b22-13-. The van der Waals surface area contributed by atoms with E-state index < -0.39 is 9.85 Å². The van der Waals surface area contributed by atoms with Crippen molar-refractivity contribution in [3.63, 3.8) is 0 Å². The minimum absolute atomic E-state index is 0.00753. The van der Waals surface area contributed by atoms with Gasteiger partial charge in [-0.3, -0.25) is 20.2 Å². The molecule has 0 unspecified atom stereocenters. The molecule has 3 aromatic rings. The molecule has 0 amide bonds. The highest BCUT2D eigenvalue weighted by Crippen LogP contribution is 2.35. The Morgan fingerprint density at radius 2 is 1.77 bits per heavy atom. The molecule has 0 saturated carbocycles. The van der Waals surface area contributed by atoms with Crippen LogP contribution in [-0.2, 0) is 13.0 Å². The largest absolute Gasteiger partial charge is 0.493 e. The molecule has 3 rings (SSSR count). The molecule has 0 atom stereocenters. The van der Waals surface area contributed by atoms with Crippen molar-refractivity contribution in [1.29, 1.82) is 5.26 Å². The van der Waals surface area contributed by atoms with Gasteiger partial charge in [0.25, 0.3) is 11.4 Å².